The van der Waals surface area contributed by atoms with Gasteiger partial charge in [-0.1, -0.05) is 11.6 Å². The van der Waals surface area contributed by atoms with Crippen LogP contribution in [0.2, 0.25) is 5.02 Å². The average molecular weight is 401 g/mol. The highest BCUT2D eigenvalue weighted by Gasteiger charge is 2.31. The van der Waals surface area contributed by atoms with Gasteiger partial charge in [0.25, 0.3) is 0 Å². The molecular weight excluding hydrogens is 374 g/mol. The highest BCUT2D eigenvalue weighted by atomic mass is 35.5. The molecule has 1 aromatic rings. The molecule has 0 atom stereocenters. The van der Waals surface area contributed by atoms with Crippen molar-refractivity contribution in [2.75, 3.05) is 19.6 Å². The highest BCUT2D eigenvalue weighted by molar-refractivity contribution is 6.30. The summed E-state index contributed by atoms with van der Waals surface area (Å²) in [5.41, 5.74) is 0.531. The third-order valence-corrected chi connectivity index (χ3v) is 5.16. The van der Waals surface area contributed by atoms with E-state index in [2.05, 4.69) is 25.3 Å². The minimum atomic E-state index is -2.88. The van der Waals surface area contributed by atoms with Crippen LogP contribution in [-0.2, 0) is 6.54 Å². The van der Waals surface area contributed by atoms with Gasteiger partial charge in [0.05, 0.1) is 6.54 Å². The van der Waals surface area contributed by atoms with Gasteiger partial charge in [0.2, 0.25) is 0 Å². The number of rotatable bonds is 7. The second kappa shape index (κ2) is 9.55. The van der Waals surface area contributed by atoms with Crippen molar-refractivity contribution in [3.63, 3.8) is 0 Å². The molecule has 2 aliphatic rings. The summed E-state index contributed by atoms with van der Waals surface area (Å²) in [4.78, 5) is 7.12. The minimum Gasteiger partial charge on any atom is -0.434 e. The predicted molar refractivity (Wildman–Crippen MR) is 104 cm³/mol. The Morgan fingerprint density at radius 2 is 2.04 bits per heavy atom. The van der Waals surface area contributed by atoms with E-state index in [1.54, 1.807) is 6.07 Å². The maximum atomic E-state index is 12.6. The summed E-state index contributed by atoms with van der Waals surface area (Å²) in [6.45, 7) is 2.28. The van der Waals surface area contributed by atoms with E-state index in [-0.39, 0.29) is 12.3 Å². The molecule has 0 bridgehead atoms. The standard InChI is InChI=1S/C19H27ClF2N4O/c1-2-23-19(25-15-7-9-26(10-8-15)16-4-5-16)24-12-13-11-14(20)3-6-17(13)27-18(21)22/h3,6,11,15-16,18H,2,4-5,7-10,12H2,1H3,(H2,23,24,25). The van der Waals surface area contributed by atoms with Crippen LogP contribution in [0.25, 0.3) is 0 Å². The molecule has 5 nitrogen and oxygen atoms in total. The number of ether oxygens (including phenoxy) is 1. The maximum Gasteiger partial charge on any atom is 0.387 e. The Morgan fingerprint density at radius 3 is 2.67 bits per heavy atom. The number of hydrogen-bond acceptors (Lipinski definition) is 3. The molecule has 2 fully saturated rings. The molecule has 0 amide bonds. The van der Waals surface area contributed by atoms with E-state index in [4.69, 9.17) is 11.6 Å². The van der Waals surface area contributed by atoms with Crippen LogP contribution in [0.15, 0.2) is 23.2 Å². The molecule has 1 aromatic carbocycles. The molecule has 1 saturated heterocycles. The molecule has 0 unspecified atom stereocenters. The highest BCUT2D eigenvalue weighted by Crippen LogP contribution is 2.29. The van der Waals surface area contributed by atoms with E-state index >= 15 is 0 Å². The largest absolute Gasteiger partial charge is 0.434 e. The lowest BCUT2D eigenvalue weighted by atomic mass is 10.1. The van der Waals surface area contributed by atoms with Crippen LogP contribution in [0, 0.1) is 0 Å². The first-order valence-corrected chi connectivity index (χ1v) is 9.95. The van der Waals surface area contributed by atoms with Crippen molar-refractivity contribution in [3.05, 3.63) is 28.8 Å². The zero-order chi connectivity index (χ0) is 19.2. The molecule has 0 radical (unpaired) electrons. The van der Waals surface area contributed by atoms with Crippen molar-refractivity contribution >= 4 is 17.6 Å². The fraction of sp³-hybridized carbons (Fsp3) is 0.632. The Kier molecular flexibility index (Phi) is 7.13. The summed E-state index contributed by atoms with van der Waals surface area (Å²) in [7, 11) is 0. The monoisotopic (exact) mass is 400 g/mol. The van der Waals surface area contributed by atoms with E-state index in [0.29, 0.717) is 22.6 Å². The van der Waals surface area contributed by atoms with Crippen molar-refractivity contribution < 1.29 is 13.5 Å². The van der Waals surface area contributed by atoms with Crippen LogP contribution in [-0.4, -0.2) is 49.2 Å². The van der Waals surface area contributed by atoms with E-state index in [9.17, 15) is 8.78 Å². The van der Waals surface area contributed by atoms with Crippen molar-refractivity contribution in [1.29, 1.82) is 0 Å². The van der Waals surface area contributed by atoms with Gasteiger partial charge in [0.1, 0.15) is 5.75 Å². The van der Waals surface area contributed by atoms with E-state index in [1.807, 2.05) is 6.92 Å². The molecule has 1 saturated carbocycles. The molecule has 8 heteroatoms. The summed E-state index contributed by atoms with van der Waals surface area (Å²) in [5.74, 6) is 0.789. The Balaban J connectivity index is 1.61. The van der Waals surface area contributed by atoms with Crippen LogP contribution in [0.5, 0.6) is 5.75 Å². The van der Waals surface area contributed by atoms with Crippen LogP contribution in [0.3, 0.4) is 0 Å². The molecular formula is C19H27ClF2N4O. The van der Waals surface area contributed by atoms with Crippen LogP contribution >= 0.6 is 11.6 Å². The average Bonchev–Trinajstić information content (AvgIpc) is 3.47. The maximum absolute atomic E-state index is 12.6. The van der Waals surface area contributed by atoms with Crippen molar-refractivity contribution in [3.8, 4) is 5.75 Å². The number of likely N-dealkylation sites (tertiary alicyclic amines) is 1. The molecule has 1 aliphatic carbocycles. The van der Waals surface area contributed by atoms with E-state index in [1.165, 1.54) is 25.0 Å². The summed E-state index contributed by atoms with van der Waals surface area (Å²) in [6, 6.07) is 5.77. The Hall–Kier alpha value is -1.60. The number of piperidine rings is 1. The van der Waals surface area contributed by atoms with E-state index in [0.717, 1.165) is 38.5 Å². The minimum absolute atomic E-state index is 0.103. The number of aliphatic imine (C=N–C) groups is 1. The Bertz CT molecular complexity index is 647. The summed E-state index contributed by atoms with van der Waals surface area (Å²) >= 11 is 6.00. The van der Waals surface area contributed by atoms with Gasteiger partial charge in [0, 0.05) is 42.3 Å². The van der Waals surface area contributed by atoms with Gasteiger partial charge in [0.15, 0.2) is 5.96 Å². The summed E-state index contributed by atoms with van der Waals surface area (Å²) < 4.78 is 29.8. The number of alkyl halides is 2. The number of nitrogens with one attached hydrogen (secondary N) is 2. The second-order valence-electron chi connectivity index (χ2n) is 7.01. The number of halogens is 3. The second-order valence-corrected chi connectivity index (χ2v) is 7.45. The fourth-order valence-corrected chi connectivity index (χ4v) is 3.60. The smallest absolute Gasteiger partial charge is 0.387 e. The van der Waals surface area contributed by atoms with Gasteiger partial charge in [-0.3, -0.25) is 0 Å². The number of hydrogen-bond donors (Lipinski definition) is 2. The lowest BCUT2D eigenvalue weighted by Crippen LogP contribution is -2.49. The zero-order valence-corrected chi connectivity index (χ0v) is 16.3. The van der Waals surface area contributed by atoms with Crippen molar-refractivity contribution in [2.45, 2.75) is 57.8 Å². The number of nitrogens with zero attached hydrogens (tertiary/aromatic N) is 2. The van der Waals surface area contributed by atoms with Gasteiger partial charge >= 0.3 is 6.61 Å². The van der Waals surface area contributed by atoms with Gasteiger partial charge < -0.3 is 20.3 Å². The van der Waals surface area contributed by atoms with Gasteiger partial charge in [-0.05, 0) is 50.8 Å². The van der Waals surface area contributed by atoms with Crippen molar-refractivity contribution in [1.82, 2.24) is 15.5 Å². The first kappa shape index (κ1) is 20.1. The molecule has 2 N–H and O–H groups in total. The third kappa shape index (κ3) is 6.21. The molecule has 0 aromatic heterocycles. The molecule has 0 spiro atoms. The fourth-order valence-electron chi connectivity index (χ4n) is 3.41. The quantitative estimate of drug-likeness (QED) is 0.542. The number of guanidine groups is 1. The topological polar surface area (TPSA) is 48.9 Å². The first-order valence-electron chi connectivity index (χ1n) is 9.57. The van der Waals surface area contributed by atoms with Crippen molar-refractivity contribution in [2.24, 2.45) is 4.99 Å². The summed E-state index contributed by atoms with van der Waals surface area (Å²) in [6.07, 6.45) is 4.84. The molecule has 27 heavy (non-hydrogen) atoms. The number of benzene rings is 1. The lowest BCUT2D eigenvalue weighted by Gasteiger charge is -2.33. The van der Waals surface area contributed by atoms with Crippen LogP contribution in [0.1, 0.15) is 38.2 Å². The third-order valence-electron chi connectivity index (χ3n) is 4.92. The molecule has 1 aliphatic heterocycles. The SMILES string of the molecule is CCNC(=NCc1cc(Cl)ccc1OC(F)F)NC1CCN(C2CC2)CC1. The molecule has 3 rings (SSSR count). The normalized spacial score (nSPS) is 19.4. The van der Waals surface area contributed by atoms with Gasteiger partial charge in [-0.2, -0.15) is 8.78 Å². The molecule has 1 heterocycles. The van der Waals surface area contributed by atoms with E-state index < -0.39 is 6.61 Å². The molecule has 150 valence electrons. The van der Waals surface area contributed by atoms with Crippen LogP contribution in [0.4, 0.5) is 8.78 Å². The zero-order valence-electron chi connectivity index (χ0n) is 15.6. The lowest BCUT2D eigenvalue weighted by molar-refractivity contribution is -0.0504. The Morgan fingerprint density at radius 1 is 1.30 bits per heavy atom. The van der Waals surface area contributed by atoms with Crippen LogP contribution < -0.4 is 15.4 Å². The summed E-state index contributed by atoms with van der Waals surface area (Å²) in [5, 5.41) is 7.16. The van der Waals surface area contributed by atoms with Gasteiger partial charge in [-0.25, -0.2) is 4.99 Å². The van der Waals surface area contributed by atoms with Gasteiger partial charge in [-0.15, -0.1) is 0 Å². The first-order chi connectivity index (χ1) is 13.0. The predicted octanol–water partition coefficient (Wildman–Crippen LogP) is 3.62. The Labute approximate surface area is 164 Å².